The Morgan fingerprint density at radius 2 is 1.69 bits per heavy atom. The second-order valence-electron chi connectivity index (χ2n) is 11.7. The summed E-state index contributed by atoms with van der Waals surface area (Å²) in [6, 6.07) is 1.48. The van der Waals surface area contributed by atoms with Gasteiger partial charge in [0.25, 0.3) is 0 Å². The molecule has 0 aromatic heterocycles. The van der Waals surface area contributed by atoms with E-state index in [2.05, 4.69) is 46.5 Å². The third kappa shape index (κ3) is 2.63. The van der Waals surface area contributed by atoms with Crippen molar-refractivity contribution < 1.29 is 9.47 Å². The Hall–Kier alpha value is -0.123. The van der Waals surface area contributed by atoms with Gasteiger partial charge >= 0.3 is 0 Å². The molecule has 1 saturated heterocycles. The number of hydrogen-bond donors (Lipinski definition) is 0. The van der Waals surface area contributed by atoms with E-state index in [0.717, 1.165) is 19.6 Å². The van der Waals surface area contributed by atoms with Crippen molar-refractivity contribution in [1.29, 1.82) is 0 Å². The van der Waals surface area contributed by atoms with Gasteiger partial charge in [0.2, 0.25) is 0 Å². The molecular weight excluding hydrogens is 336 g/mol. The van der Waals surface area contributed by atoms with Crippen LogP contribution < -0.4 is 0 Å². The summed E-state index contributed by atoms with van der Waals surface area (Å²) in [5, 5.41) is 0. The van der Waals surface area contributed by atoms with Gasteiger partial charge in [0.1, 0.15) is 0 Å². The van der Waals surface area contributed by atoms with Crippen LogP contribution in [0.15, 0.2) is 11.6 Å². The third-order valence-electron chi connectivity index (χ3n) is 8.52. The van der Waals surface area contributed by atoms with Crippen LogP contribution in [0.25, 0.3) is 0 Å². The van der Waals surface area contributed by atoms with Crippen molar-refractivity contribution in [3.8, 4) is 0 Å². The molecule has 0 bridgehead atoms. The van der Waals surface area contributed by atoms with Crippen molar-refractivity contribution in [2.45, 2.75) is 97.2 Å². The highest BCUT2D eigenvalue weighted by Crippen LogP contribution is 2.70. The van der Waals surface area contributed by atoms with Crippen LogP contribution in [-0.2, 0) is 9.47 Å². The lowest BCUT2D eigenvalue weighted by Gasteiger charge is -2.65. The van der Waals surface area contributed by atoms with E-state index in [4.69, 9.17) is 9.47 Å². The van der Waals surface area contributed by atoms with Crippen molar-refractivity contribution in [2.75, 3.05) is 13.2 Å². The number of rotatable bonds is 2. The van der Waals surface area contributed by atoms with Crippen LogP contribution in [0.1, 0.15) is 65.7 Å². The SMILES string of the molecule is CC1(C)[C@@H]2CC[C@@]3(C[Si](C)(C)C)CCCC=C3[C@@]2(C)CCC12OCCO2. The lowest BCUT2D eigenvalue weighted by atomic mass is 9.43. The van der Waals surface area contributed by atoms with Crippen molar-refractivity contribution in [3.05, 3.63) is 11.6 Å². The summed E-state index contributed by atoms with van der Waals surface area (Å²) in [5.74, 6) is 0.339. The van der Waals surface area contributed by atoms with E-state index in [1.165, 1.54) is 44.6 Å². The predicted octanol–water partition coefficient (Wildman–Crippen LogP) is 6.40. The Kier molecular flexibility index (Phi) is 4.39. The third-order valence-corrected chi connectivity index (χ3v) is 10.3. The minimum atomic E-state index is -1.11. The molecule has 1 aliphatic heterocycles. The minimum Gasteiger partial charge on any atom is -0.347 e. The summed E-state index contributed by atoms with van der Waals surface area (Å²) in [4.78, 5) is 0. The molecule has 0 aromatic carbocycles. The quantitative estimate of drug-likeness (QED) is 0.410. The van der Waals surface area contributed by atoms with Gasteiger partial charge in [0.05, 0.1) is 13.2 Å². The first-order chi connectivity index (χ1) is 12.0. The highest BCUT2D eigenvalue weighted by molar-refractivity contribution is 6.76. The van der Waals surface area contributed by atoms with Crippen LogP contribution >= 0.6 is 0 Å². The molecule has 1 heterocycles. The first-order valence-corrected chi connectivity index (χ1v) is 14.7. The molecule has 26 heavy (non-hydrogen) atoms. The molecule has 148 valence electrons. The largest absolute Gasteiger partial charge is 0.347 e. The Balaban J connectivity index is 1.74. The second-order valence-corrected chi connectivity index (χ2v) is 17.2. The van der Waals surface area contributed by atoms with E-state index in [1.54, 1.807) is 0 Å². The van der Waals surface area contributed by atoms with E-state index in [1.807, 2.05) is 5.57 Å². The smallest absolute Gasteiger partial charge is 0.173 e. The fourth-order valence-corrected chi connectivity index (χ4v) is 10.4. The Morgan fingerprint density at radius 1 is 1.00 bits per heavy atom. The van der Waals surface area contributed by atoms with E-state index < -0.39 is 8.07 Å². The lowest BCUT2D eigenvalue weighted by molar-refractivity contribution is -0.285. The molecule has 3 atom stereocenters. The number of fused-ring (bicyclic) bond motifs is 3. The molecule has 2 nitrogen and oxygen atoms in total. The summed E-state index contributed by atoms with van der Waals surface area (Å²) in [7, 11) is -1.11. The van der Waals surface area contributed by atoms with Crippen LogP contribution in [0.2, 0.25) is 25.7 Å². The topological polar surface area (TPSA) is 18.5 Å². The molecule has 0 aromatic rings. The van der Waals surface area contributed by atoms with Gasteiger partial charge in [-0.25, -0.2) is 0 Å². The maximum absolute atomic E-state index is 6.30. The highest BCUT2D eigenvalue weighted by Gasteiger charge is 2.66. The molecule has 2 saturated carbocycles. The minimum absolute atomic E-state index is 0.0834. The van der Waals surface area contributed by atoms with Crippen molar-refractivity contribution in [3.63, 3.8) is 0 Å². The summed E-state index contributed by atoms with van der Waals surface area (Å²) in [5.41, 5.74) is 2.78. The van der Waals surface area contributed by atoms with E-state index >= 15 is 0 Å². The molecule has 3 aliphatic carbocycles. The molecule has 0 radical (unpaired) electrons. The van der Waals surface area contributed by atoms with E-state index in [0.29, 0.717) is 16.7 Å². The zero-order valence-corrected chi connectivity index (χ0v) is 19.0. The van der Waals surface area contributed by atoms with Gasteiger partial charge in [0, 0.05) is 19.9 Å². The van der Waals surface area contributed by atoms with Crippen LogP contribution in [-0.4, -0.2) is 27.1 Å². The van der Waals surface area contributed by atoms with Crippen molar-refractivity contribution >= 4 is 8.07 Å². The first-order valence-electron chi connectivity index (χ1n) is 11.0. The molecule has 0 amide bonds. The number of ether oxygens (including phenoxy) is 2. The fourth-order valence-electron chi connectivity index (χ4n) is 7.80. The molecule has 3 heteroatoms. The number of allylic oxidation sites excluding steroid dienone is 2. The van der Waals surface area contributed by atoms with Crippen LogP contribution in [0.5, 0.6) is 0 Å². The zero-order chi connectivity index (χ0) is 18.8. The Bertz CT molecular complexity index is 596. The van der Waals surface area contributed by atoms with Gasteiger partial charge in [-0.1, -0.05) is 52.1 Å². The second kappa shape index (κ2) is 5.94. The molecular formula is C23H40O2Si. The van der Waals surface area contributed by atoms with Gasteiger partial charge in [-0.2, -0.15) is 0 Å². The predicted molar refractivity (Wildman–Crippen MR) is 111 cm³/mol. The zero-order valence-electron chi connectivity index (χ0n) is 18.0. The molecule has 3 fully saturated rings. The van der Waals surface area contributed by atoms with Gasteiger partial charge in [-0.15, -0.1) is 0 Å². The lowest BCUT2D eigenvalue weighted by Crippen LogP contribution is -2.62. The molecule has 4 rings (SSSR count). The van der Waals surface area contributed by atoms with Gasteiger partial charge < -0.3 is 9.47 Å². The van der Waals surface area contributed by atoms with E-state index in [-0.39, 0.29) is 11.2 Å². The summed E-state index contributed by atoms with van der Waals surface area (Å²) < 4.78 is 12.6. The summed E-state index contributed by atoms with van der Waals surface area (Å²) in [6.45, 7) is 16.7. The van der Waals surface area contributed by atoms with Crippen LogP contribution in [0, 0.1) is 22.2 Å². The Labute approximate surface area is 162 Å². The number of hydrogen-bond acceptors (Lipinski definition) is 2. The standard InChI is InChI=1S/C23H40O2Si/c1-20(2)18-10-12-22(17-26(4,5)6)11-8-7-9-19(22)21(18,3)13-14-23(20)24-15-16-25-23/h9,18H,7-8,10-17H2,1-6H3/t18-,21-,22+/m0/s1. The summed E-state index contributed by atoms with van der Waals surface area (Å²) in [6.07, 6.45) is 11.9. The van der Waals surface area contributed by atoms with E-state index in [9.17, 15) is 0 Å². The van der Waals surface area contributed by atoms with Crippen LogP contribution in [0.4, 0.5) is 0 Å². The average Bonchev–Trinajstić information content (AvgIpc) is 3.01. The maximum Gasteiger partial charge on any atom is 0.173 e. The van der Waals surface area contributed by atoms with Crippen LogP contribution in [0.3, 0.4) is 0 Å². The van der Waals surface area contributed by atoms with Crippen molar-refractivity contribution in [2.24, 2.45) is 22.2 Å². The fraction of sp³-hybridized carbons (Fsp3) is 0.913. The van der Waals surface area contributed by atoms with Gasteiger partial charge in [-0.05, 0) is 61.3 Å². The monoisotopic (exact) mass is 376 g/mol. The van der Waals surface area contributed by atoms with Crippen molar-refractivity contribution in [1.82, 2.24) is 0 Å². The molecule has 0 unspecified atom stereocenters. The van der Waals surface area contributed by atoms with Gasteiger partial charge in [-0.3, -0.25) is 0 Å². The normalized spacial score (nSPS) is 41.5. The molecule has 1 spiro atoms. The maximum atomic E-state index is 6.30. The first kappa shape index (κ1) is 19.2. The van der Waals surface area contributed by atoms with Gasteiger partial charge in [0.15, 0.2) is 5.79 Å². The molecule has 4 aliphatic rings. The average molecular weight is 377 g/mol. The Morgan fingerprint density at radius 3 is 2.35 bits per heavy atom. The highest BCUT2D eigenvalue weighted by atomic mass is 28.3. The molecule has 0 N–H and O–H groups in total. The summed E-state index contributed by atoms with van der Waals surface area (Å²) >= 11 is 0.